The van der Waals surface area contributed by atoms with Gasteiger partial charge < -0.3 is 0 Å². The van der Waals surface area contributed by atoms with E-state index in [1.807, 2.05) is 6.20 Å². The van der Waals surface area contributed by atoms with Crippen molar-refractivity contribution in [3.8, 4) is 0 Å². The quantitative estimate of drug-likeness (QED) is 0.732. The molecule has 0 saturated carbocycles. The second-order valence-electron chi connectivity index (χ2n) is 7.92. The van der Waals surface area contributed by atoms with Gasteiger partial charge in [-0.25, -0.2) is 9.97 Å². The predicted molar refractivity (Wildman–Crippen MR) is 101 cm³/mol. The van der Waals surface area contributed by atoms with E-state index >= 15 is 0 Å². The molecule has 24 heavy (non-hydrogen) atoms. The highest BCUT2D eigenvalue weighted by Gasteiger charge is 2.24. The molecule has 0 N–H and O–H groups in total. The van der Waals surface area contributed by atoms with Gasteiger partial charge in [-0.2, -0.15) is 0 Å². The molecule has 0 amide bonds. The van der Waals surface area contributed by atoms with Crippen LogP contribution in [-0.2, 0) is 18.3 Å². The monoisotopic (exact) mass is 325 g/mol. The molecule has 0 radical (unpaired) electrons. The second kappa shape index (κ2) is 7.42. The van der Waals surface area contributed by atoms with Crippen LogP contribution in [0.3, 0.4) is 0 Å². The van der Waals surface area contributed by atoms with E-state index in [-0.39, 0.29) is 5.41 Å². The fourth-order valence-corrected chi connectivity index (χ4v) is 2.88. The number of aryl methyl sites for hydroxylation is 1. The fraction of sp³-hybridized carbons (Fsp3) is 0.571. The molecule has 130 valence electrons. The fourth-order valence-electron chi connectivity index (χ4n) is 2.88. The van der Waals surface area contributed by atoms with Crippen LogP contribution in [0.1, 0.15) is 88.8 Å². The van der Waals surface area contributed by atoms with Crippen LogP contribution in [0.4, 0.5) is 0 Å². The van der Waals surface area contributed by atoms with Crippen molar-refractivity contribution in [1.82, 2.24) is 15.0 Å². The largest absolute Gasteiger partial charge is 0.258 e. The van der Waals surface area contributed by atoms with Crippen molar-refractivity contribution in [2.24, 2.45) is 0 Å². The number of rotatable bonds is 6. The summed E-state index contributed by atoms with van der Waals surface area (Å²) in [6.45, 7) is 15.4. The van der Waals surface area contributed by atoms with Gasteiger partial charge in [0, 0.05) is 28.9 Å². The van der Waals surface area contributed by atoms with Gasteiger partial charge in [-0.15, -0.1) is 0 Å². The normalized spacial score (nSPS) is 12.2. The van der Waals surface area contributed by atoms with Gasteiger partial charge in [0.15, 0.2) is 0 Å². The van der Waals surface area contributed by atoms with E-state index in [0.29, 0.717) is 11.8 Å². The van der Waals surface area contributed by atoms with E-state index < -0.39 is 0 Å². The summed E-state index contributed by atoms with van der Waals surface area (Å²) in [5.41, 5.74) is 4.79. The van der Waals surface area contributed by atoms with Crippen molar-refractivity contribution in [2.75, 3.05) is 0 Å². The Hall–Kier alpha value is -1.77. The number of nitrogens with zero attached hydrogens (tertiary/aromatic N) is 3. The Kier molecular flexibility index (Phi) is 5.74. The Morgan fingerprint density at radius 1 is 1.00 bits per heavy atom. The first-order valence-electron chi connectivity index (χ1n) is 9.06. The van der Waals surface area contributed by atoms with Crippen molar-refractivity contribution < 1.29 is 0 Å². The van der Waals surface area contributed by atoms with Crippen molar-refractivity contribution in [3.63, 3.8) is 0 Å². The molecule has 0 aliphatic carbocycles. The van der Waals surface area contributed by atoms with Gasteiger partial charge in [-0.1, -0.05) is 48.5 Å². The van der Waals surface area contributed by atoms with Crippen LogP contribution in [0.25, 0.3) is 0 Å². The lowest BCUT2D eigenvalue weighted by Gasteiger charge is -2.25. The predicted octanol–water partition coefficient (Wildman–Crippen LogP) is 5.20. The Balaban J connectivity index is 2.35. The highest BCUT2D eigenvalue weighted by atomic mass is 14.9. The lowest BCUT2D eigenvalue weighted by atomic mass is 9.82. The first-order chi connectivity index (χ1) is 11.2. The SMILES string of the molecule is CCc1cc(CC(C)(C)c2ccnc(C(C)C)n2)cc(C(C)C)n1. The molecule has 0 atom stereocenters. The third kappa shape index (κ3) is 4.40. The lowest BCUT2D eigenvalue weighted by molar-refractivity contribution is 0.498. The van der Waals surface area contributed by atoms with E-state index in [1.54, 1.807) is 0 Å². The van der Waals surface area contributed by atoms with Gasteiger partial charge in [0.2, 0.25) is 0 Å². The van der Waals surface area contributed by atoms with Crippen LogP contribution in [0, 0.1) is 0 Å². The molecule has 2 aromatic heterocycles. The second-order valence-corrected chi connectivity index (χ2v) is 7.92. The third-order valence-electron chi connectivity index (χ3n) is 4.44. The number of pyridine rings is 1. The molecule has 0 aliphatic heterocycles. The van der Waals surface area contributed by atoms with E-state index in [0.717, 1.165) is 24.4 Å². The lowest BCUT2D eigenvalue weighted by Crippen LogP contribution is -2.23. The Bertz CT molecular complexity index is 687. The summed E-state index contributed by atoms with van der Waals surface area (Å²) < 4.78 is 0. The van der Waals surface area contributed by atoms with E-state index in [1.165, 1.54) is 17.0 Å². The zero-order valence-corrected chi connectivity index (χ0v) is 16.2. The maximum absolute atomic E-state index is 4.81. The minimum absolute atomic E-state index is 0.0345. The molecule has 0 aliphatic rings. The average molecular weight is 326 g/mol. The first kappa shape index (κ1) is 18.6. The molecule has 2 heterocycles. The summed E-state index contributed by atoms with van der Waals surface area (Å²) in [5.74, 6) is 1.72. The van der Waals surface area contributed by atoms with Gasteiger partial charge >= 0.3 is 0 Å². The Labute approximate surface area is 147 Å². The van der Waals surface area contributed by atoms with Gasteiger partial charge in [-0.05, 0) is 42.5 Å². The molecule has 0 bridgehead atoms. The van der Waals surface area contributed by atoms with Crippen molar-refractivity contribution in [2.45, 2.75) is 78.6 Å². The molecule has 0 unspecified atom stereocenters. The number of hydrogen-bond donors (Lipinski definition) is 0. The van der Waals surface area contributed by atoms with Crippen LogP contribution >= 0.6 is 0 Å². The zero-order valence-electron chi connectivity index (χ0n) is 16.2. The minimum atomic E-state index is -0.0345. The molecule has 0 fully saturated rings. The van der Waals surface area contributed by atoms with Crippen LogP contribution in [0.5, 0.6) is 0 Å². The van der Waals surface area contributed by atoms with Crippen LogP contribution in [0.2, 0.25) is 0 Å². The summed E-state index contributed by atoms with van der Waals surface area (Å²) in [5, 5.41) is 0. The van der Waals surface area contributed by atoms with Crippen LogP contribution < -0.4 is 0 Å². The molecule has 3 heteroatoms. The Morgan fingerprint density at radius 2 is 1.71 bits per heavy atom. The van der Waals surface area contributed by atoms with Crippen molar-refractivity contribution in [1.29, 1.82) is 0 Å². The summed E-state index contributed by atoms with van der Waals surface area (Å²) in [6, 6.07) is 6.56. The number of hydrogen-bond acceptors (Lipinski definition) is 3. The molecule has 3 nitrogen and oxygen atoms in total. The zero-order chi connectivity index (χ0) is 17.9. The standard InChI is InChI=1S/C21H31N3/c1-8-17-11-16(12-18(23-17)14(2)3)13-21(6,7)19-9-10-22-20(24-19)15(4)5/h9-12,14-15H,8,13H2,1-7H3. The molecule has 0 spiro atoms. The van der Waals surface area contributed by atoms with Gasteiger partial charge in [0.05, 0.1) is 5.69 Å². The summed E-state index contributed by atoms with van der Waals surface area (Å²) >= 11 is 0. The third-order valence-corrected chi connectivity index (χ3v) is 4.44. The molecular formula is C21H31N3. The van der Waals surface area contributed by atoms with E-state index in [9.17, 15) is 0 Å². The van der Waals surface area contributed by atoms with Gasteiger partial charge in [0.1, 0.15) is 5.82 Å². The van der Waals surface area contributed by atoms with Gasteiger partial charge in [0.25, 0.3) is 0 Å². The highest BCUT2D eigenvalue weighted by Crippen LogP contribution is 2.28. The minimum Gasteiger partial charge on any atom is -0.258 e. The maximum Gasteiger partial charge on any atom is 0.131 e. The number of aromatic nitrogens is 3. The molecule has 0 aromatic carbocycles. The van der Waals surface area contributed by atoms with Crippen molar-refractivity contribution >= 4 is 0 Å². The molecule has 0 saturated heterocycles. The molecule has 2 aromatic rings. The first-order valence-corrected chi connectivity index (χ1v) is 9.06. The molecule has 2 rings (SSSR count). The van der Waals surface area contributed by atoms with Crippen LogP contribution in [0.15, 0.2) is 24.4 Å². The summed E-state index contributed by atoms with van der Waals surface area (Å²) in [6.07, 6.45) is 3.82. The van der Waals surface area contributed by atoms with E-state index in [4.69, 9.17) is 9.97 Å². The maximum atomic E-state index is 4.81. The van der Waals surface area contributed by atoms with Crippen LogP contribution in [-0.4, -0.2) is 15.0 Å². The topological polar surface area (TPSA) is 38.7 Å². The summed E-state index contributed by atoms with van der Waals surface area (Å²) in [7, 11) is 0. The molecular weight excluding hydrogens is 294 g/mol. The highest BCUT2D eigenvalue weighted by molar-refractivity contribution is 5.28. The summed E-state index contributed by atoms with van der Waals surface area (Å²) in [4.78, 5) is 14.0. The van der Waals surface area contributed by atoms with Crippen molar-refractivity contribution in [3.05, 3.63) is 52.9 Å². The van der Waals surface area contributed by atoms with Gasteiger partial charge in [-0.3, -0.25) is 4.98 Å². The smallest absolute Gasteiger partial charge is 0.131 e. The average Bonchev–Trinajstić information content (AvgIpc) is 2.54. The Morgan fingerprint density at radius 3 is 2.29 bits per heavy atom. The van der Waals surface area contributed by atoms with E-state index in [2.05, 4.69) is 71.6 Å².